The molecule has 0 aliphatic rings. The minimum absolute atomic E-state index is 0.573. The van der Waals surface area contributed by atoms with Crippen LogP contribution in [0.15, 0.2) is 0 Å². The molecule has 0 aliphatic carbocycles. The summed E-state index contributed by atoms with van der Waals surface area (Å²) < 4.78 is 0. The maximum Gasteiger partial charge on any atom is 0.337 e. The summed E-state index contributed by atoms with van der Waals surface area (Å²) in [5.74, 6) is -5.00. The van der Waals surface area contributed by atoms with Crippen molar-refractivity contribution >= 4 is 17.7 Å². The van der Waals surface area contributed by atoms with Gasteiger partial charge in [-0.3, -0.25) is 9.59 Å². The molecule has 0 radical (unpaired) electrons. The number of Topliss-reactive ketones (excluding diaryl/α,β-unsaturated/α-hetero) is 1. The van der Waals surface area contributed by atoms with Crippen molar-refractivity contribution in [2.75, 3.05) is 0 Å². The molecule has 0 aliphatic heterocycles. The third-order valence-electron chi connectivity index (χ3n) is 2.12. The molecule has 14 heavy (non-hydrogen) atoms. The van der Waals surface area contributed by atoms with Crippen molar-refractivity contribution in [2.24, 2.45) is 5.92 Å². The maximum atomic E-state index is 10.9. The molecule has 0 rings (SSSR count). The van der Waals surface area contributed by atoms with Gasteiger partial charge >= 0.3 is 11.9 Å². The molecule has 0 saturated heterocycles. The first-order valence-electron chi connectivity index (χ1n) is 3.90. The fraction of sp³-hybridized carbons (Fsp3) is 0.625. The molecular weight excluding hydrogens is 192 g/mol. The number of rotatable bonds is 5. The lowest BCUT2D eigenvalue weighted by Crippen LogP contribution is -2.49. The zero-order valence-electron chi connectivity index (χ0n) is 7.85. The smallest absolute Gasteiger partial charge is 0.337 e. The summed E-state index contributed by atoms with van der Waals surface area (Å²) in [5, 5.41) is 26.5. The van der Waals surface area contributed by atoms with Crippen LogP contribution in [-0.4, -0.2) is 38.6 Å². The average molecular weight is 204 g/mol. The van der Waals surface area contributed by atoms with Gasteiger partial charge in [-0.05, 0) is 6.92 Å². The van der Waals surface area contributed by atoms with Gasteiger partial charge in [-0.2, -0.15) is 0 Å². The van der Waals surface area contributed by atoms with E-state index in [1.54, 1.807) is 0 Å². The Bertz CT molecular complexity index is 271. The summed E-state index contributed by atoms with van der Waals surface area (Å²) in [6, 6.07) is 0. The maximum absolute atomic E-state index is 10.9. The van der Waals surface area contributed by atoms with E-state index in [4.69, 9.17) is 10.2 Å². The molecule has 0 heterocycles. The highest BCUT2D eigenvalue weighted by molar-refractivity contribution is 5.91. The summed E-state index contributed by atoms with van der Waals surface area (Å²) in [6.07, 6.45) is -0.997. The summed E-state index contributed by atoms with van der Waals surface area (Å²) in [4.78, 5) is 31.8. The Balaban J connectivity index is 4.99. The molecule has 0 saturated carbocycles. The third-order valence-corrected chi connectivity index (χ3v) is 2.12. The molecule has 3 N–H and O–H groups in total. The molecule has 0 aromatic carbocycles. The number of carbonyl (C=O) groups excluding carboxylic acids is 1. The second-order valence-electron chi connectivity index (χ2n) is 3.13. The van der Waals surface area contributed by atoms with Crippen LogP contribution in [0.3, 0.4) is 0 Å². The van der Waals surface area contributed by atoms with Gasteiger partial charge < -0.3 is 15.3 Å². The summed E-state index contributed by atoms with van der Waals surface area (Å²) in [7, 11) is 0. The van der Waals surface area contributed by atoms with E-state index >= 15 is 0 Å². The van der Waals surface area contributed by atoms with Gasteiger partial charge in [-0.1, -0.05) is 6.92 Å². The van der Waals surface area contributed by atoms with Crippen LogP contribution in [0.5, 0.6) is 0 Å². The SMILES string of the molecule is CC(=O)C(C)C(O)(CC(=O)O)C(=O)O. The Morgan fingerprint density at radius 2 is 1.71 bits per heavy atom. The monoisotopic (exact) mass is 204 g/mol. The molecule has 80 valence electrons. The number of carbonyl (C=O) groups is 3. The number of carboxylic acid groups (broad SMARTS) is 2. The zero-order chi connectivity index (χ0) is 11.5. The second kappa shape index (κ2) is 4.19. The van der Waals surface area contributed by atoms with Crippen molar-refractivity contribution in [3.8, 4) is 0 Å². The highest BCUT2D eigenvalue weighted by atomic mass is 16.4. The first-order valence-corrected chi connectivity index (χ1v) is 3.90. The first kappa shape index (κ1) is 12.6. The van der Waals surface area contributed by atoms with Crippen LogP contribution in [-0.2, 0) is 14.4 Å². The van der Waals surface area contributed by atoms with Gasteiger partial charge in [-0.25, -0.2) is 4.79 Å². The topological polar surface area (TPSA) is 112 Å². The van der Waals surface area contributed by atoms with Gasteiger partial charge in [0.05, 0.1) is 12.3 Å². The number of hydrogen-bond acceptors (Lipinski definition) is 4. The van der Waals surface area contributed by atoms with E-state index in [0.717, 1.165) is 6.92 Å². The molecule has 0 bridgehead atoms. The Hall–Kier alpha value is -1.43. The van der Waals surface area contributed by atoms with Crippen LogP contribution in [0, 0.1) is 5.92 Å². The van der Waals surface area contributed by atoms with Crippen molar-refractivity contribution < 1.29 is 29.7 Å². The van der Waals surface area contributed by atoms with Crippen LogP contribution in [0.4, 0.5) is 0 Å². The molecule has 0 spiro atoms. The van der Waals surface area contributed by atoms with Crippen LogP contribution >= 0.6 is 0 Å². The van der Waals surface area contributed by atoms with Crippen LogP contribution in [0.2, 0.25) is 0 Å². The standard InChI is InChI=1S/C8H12O6/c1-4(5(2)9)8(14,7(12)13)3-6(10)11/h4,14H,3H2,1-2H3,(H,10,11)(H,12,13). The van der Waals surface area contributed by atoms with E-state index in [2.05, 4.69) is 0 Å². The lowest BCUT2D eigenvalue weighted by molar-refractivity contribution is -0.173. The van der Waals surface area contributed by atoms with E-state index in [1.807, 2.05) is 0 Å². The van der Waals surface area contributed by atoms with Gasteiger partial charge in [0.2, 0.25) is 0 Å². The van der Waals surface area contributed by atoms with E-state index in [-0.39, 0.29) is 0 Å². The summed E-state index contributed by atoms with van der Waals surface area (Å²) in [6.45, 7) is 2.28. The van der Waals surface area contributed by atoms with E-state index in [0.29, 0.717) is 0 Å². The van der Waals surface area contributed by atoms with Crippen LogP contribution < -0.4 is 0 Å². The number of ketones is 1. The predicted molar refractivity (Wildman–Crippen MR) is 44.7 cm³/mol. The Morgan fingerprint density at radius 3 is 1.93 bits per heavy atom. The fourth-order valence-electron chi connectivity index (χ4n) is 0.981. The zero-order valence-corrected chi connectivity index (χ0v) is 7.85. The Kier molecular flexibility index (Phi) is 3.76. The van der Waals surface area contributed by atoms with E-state index < -0.39 is 35.7 Å². The normalized spacial score (nSPS) is 16.8. The number of aliphatic carboxylic acids is 2. The van der Waals surface area contributed by atoms with Gasteiger partial charge in [0.15, 0.2) is 5.60 Å². The lowest BCUT2D eigenvalue weighted by atomic mass is 9.83. The Morgan fingerprint density at radius 1 is 1.29 bits per heavy atom. The molecule has 0 fully saturated rings. The molecule has 0 aromatic rings. The first-order chi connectivity index (χ1) is 6.21. The minimum Gasteiger partial charge on any atom is -0.481 e. The molecule has 0 aromatic heterocycles. The minimum atomic E-state index is -2.53. The molecular formula is C8H12O6. The molecule has 2 atom stereocenters. The largest absolute Gasteiger partial charge is 0.481 e. The van der Waals surface area contributed by atoms with Gasteiger partial charge in [-0.15, -0.1) is 0 Å². The highest BCUT2D eigenvalue weighted by Gasteiger charge is 2.45. The molecule has 0 amide bonds. The number of aliphatic hydroxyl groups is 1. The summed E-state index contributed by atoms with van der Waals surface area (Å²) >= 11 is 0. The van der Waals surface area contributed by atoms with Crippen molar-refractivity contribution in [1.82, 2.24) is 0 Å². The van der Waals surface area contributed by atoms with Gasteiger partial charge in [0, 0.05) is 0 Å². The predicted octanol–water partition coefficient (Wildman–Crippen LogP) is -0.498. The van der Waals surface area contributed by atoms with Crippen molar-refractivity contribution in [3.63, 3.8) is 0 Å². The number of hydrogen-bond donors (Lipinski definition) is 3. The second-order valence-corrected chi connectivity index (χ2v) is 3.13. The van der Waals surface area contributed by atoms with Gasteiger partial charge in [0.1, 0.15) is 5.78 Å². The summed E-state index contributed by atoms with van der Waals surface area (Å²) in [5.41, 5.74) is -2.53. The van der Waals surface area contributed by atoms with Crippen LogP contribution in [0.1, 0.15) is 20.3 Å². The Labute approximate surface area is 80.2 Å². The fourth-order valence-corrected chi connectivity index (χ4v) is 0.981. The van der Waals surface area contributed by atoms with Gasteiger partial charge in [0.25, 0.3) is 0 Å². The van der Waals surface area contributed by atoms with E-state index in [1.165, 1.54) is 6.92 Å². The van der Waals surface area contributed by atoms with Crippen molar-refractivity contribution in [2.45, 2.75) is 25.9 Å². The molecule has 6 heteroatoms. The molecule has 2 unspecified atom stereocenters. The quantitative estimate of drug-likeness (QED) is 0.556. The highest BCUT2D eigenvalue weighted by Crippen LogP contribution is 2.22. The van der Waals surface area contributed by atoms with Crippen molar-refractivity contribution in [3.05, 3.63) is 0 Å². The van der Waals surface area contributed by atoms with Crippen LogP contribution in [0.25, 0.3) is 0 Å². The van der Waals surface area contributed by atoms with Crippen molar-refractivity contribution in [1.29, 1.82) is 0 Å². The molecule has 6 nitrogen and oxygen atoms in total. The van der Waals surface area contributed by atoms with E-state index in [9.17, 15) is 19.5 Å². The third kappa shape index (κ3) is 2.53. The average Bonchev–Trinajstić information content (AvgIpc) is 2.00. The number of carboxylic acids is 2. The lowest BCUT2D eigenvalue weighted by Gasteiger charge is -2.26.